The van der Waals surface area contributed by atoms with E-state index >= 15 is 0 Å². The van der Waals surface area contributed by atoms with Crippen molar-refractivity contribution in [2.45, 2.75) is 19.2 Å². The summed E-state index contributed by atoms with van der Waals surface area (Å²) in [4.78, 5) is 3.99. The highest BCUT2D eigenvalue weighted by atomic mass is 32.2. The number of rotatable bonds is 4. The number of thiocarbonyl (C=S) groups is 1. The van der Waals surface area contributed by atoms with Crippen molar-refractivity contribution in [1.29, 1.82) is 0 Å². The molecule has 1 aromatic rings. The molecule has 0 fully saturated rings. The lowest BCUT2D eigenvalue weighted by molar-refractivity contribution is 0.384. The summed E-state index contributed by atoms with van der Waals surface area (Å²) in [5.74, 6) is 1.23. The molecule has 0 bridgehead atoms. The third-order valence-corrected chi connectivity index (χ3v) is 4.46. The second-order valence-corrected chi connectivity index (χ2v) is 6.72. The lowest BCUT2D eigenvalue weighted by atomic mass is 10.1. The molecular weight excluding hydrogens is 276 g/mol. The van der Waals surface area contributed by atoms with Gasteiger partial charge in [0.25, 0.3) is 0 Å². The molecular formula is C14H22N2OS2. The summed E-state index contributed by atoms with van der Waals surface area (Å²) in [5.41, 5.74) is 3.09. The van der Waals surface area contributed by atoms with Crippen molar-refractivity contribution in [1.82, 2.24) is 9.80 Å². The van der Waals surface area contributed by atoms with Gasteiger partial charge in [0.15, 0.2) is 0 Å². The van der Waals surface area contributed by atoms with Crippen LogP contribution in [-0.4, -0.2) is 47.4 Å². The number of nitrogens with zero attached hydrogens (tertiary/aromatic N) is 2. The van der Waals surface area contributed by atoms with E-state index in [0.717, 1.165) is 27.7 Å². The smallest absolute Gasteiger partial charge is 0.136 e. The fourth-order valence-electron chi connectivity index (χ4n) is 1.75. The van der Waals surface area contributed by atoms with Gasteiger partial charge in [0.1, 0.15) is 10.1 Å². The van der Waals surface area contributed by atoms with Gasteiger partial charge in [-0.25, -0.2) is 0 Å². The van der Waals surface area contributed by atoms with Crippen LogP contribution in [0.4, 0.5) is 0 Å². The highest BCUT2D eigenvalue weighted by molar-refractivity contribution is 8.22. The molecule has 0 radical (unpaired) electrons. The Labute approximate surface area is 125 Å². The van der Waals surface area contributed by atoms with Crippen LogP contribution in [0.2, 0.25) is 0 Å². The summed E-state index contributed by atoms with van der Waals surface area (Å²) in [6.45, 7) is 2.68. The van der Waals surface area contributed by atoms with E-state index in [1.54, 1.807) is 11.8 Å². The van der Waals surface area contributed by atoms with Crippen molar-refractivity contribution in [2.75, 3.05) is 28.2 Å². The molecule has 0 atom stereocenters. The minimum atomic E-state index is 0.401. The quantitative estimate of drug-likeness (QED) is 0.863. The van der Waals surface area contributed by atoms with Crippen LogP contribution in [0.3, 0.4) is 0 Å². The molecule has 0 saturated carbocycles. The first-order valence-electron chi connectivity index (χ1n) is 6.11. The zero-order valence-electron chi connectivity index (χ0n) is 12.2. The molecule has 0 aliphatic rings. The highest BCUT2D eigenvalue weighted by Crippen LogP contribution is 2.27. The summed E-state index contributed by atoms with van der Waals surface area (Å²) in [5, 5.41) is 10.1. The van der Waals surface area contributed by atoms with Gasteiger partial charge in [-0.2, -0.15) is 0 Å². The number of hydrogen-bond acceptors (Lipinski definition) is 4. The van der Waals surface area contributed by atoms with Gasteiger partial charge < -0.3 is 14.9 Å². The Morgan fingerprint density at radius 1 is 1.26 bits per heavy atom. The van der Waals surface area contributed by atoms with Crippen LogP contribution in [0, 0.1) is 6.92 Å². The van der Waals surface area contributed by atoms with Gasteiger partial charge in [-0.1, -0.05) is 30.0 Å². The summed E-state index contributed by atoms with van der Waals surface area (Å²) in [6.07, 6.45) is 0. The van der Waals surface area contributed by atoms with Gasteiger partial charge in [0.2, 0.25) is 0 Å². The molecule has 106 valence electrons. The van der Waals surface area contributed by atoms with Gasteiger partial charge in [0, 0.05) is 32.0 Å². The van der Waals surface area contributed by atoms with Gasteiger partial charge in [0.05, 0.1) is 0 Å². The number of phenolic OH excluding ortho intramolecular Hbond substituents is 1. The molecule has 0 aliphatic carbocycles. The minimum absolute atomic E-state index is 0.401. The monoisotopic (exact) mass is 298 g/mol. The van der Waals surface area contributed by atoms with Crippen LogP contribution in [-0.2, 0) is 12.3 Å². The fraction of sp³-hybridized carbons (Fsp3) is 0.500. The zero-order chi connectivity index (χ0) is 14.6. The molecule has 5 heteroatoms. The first-order chi connectivity index (χ1) is 8.81. The van der Waals surface area contributed by atoms with Crippen LogP contribution in [0.25, 0.3) is 0 Å². The molecule has 0 spiro atoms. The third kappa shape index (κ3) is 5.01. The topological polar surface area (TPSA) is 26.7 Å². The molecule has 1 rings (SSSR count). The molecule has 1 aromatic carbocycles. The normalized spacial score (nSPS) is 10.8. The molecule has 0 saturated heterocycles. The van der Waals surface area contributed by atoms with E-state index in [1.807, 2.05) is 46.1 Å². The van der Waals surface area contributed by atoms with E-state index in [4.69, 9.17) is 12.2 Å². The Morgan fingerprint density at radius 2 is 1.89 bits per heavy atom. The molecule has 0 amide bonds. The summed E-state index contributed by atoms with van der Waals surface area (Å²) in [6, 6.07) is 4.09. The maximum absolute atomic E-state index is 10.1. The zero-order valence-corrected chi connectivity index (χ0v) is 13.9. The average molecular weight is 298 g/mol. The summed E-state index contributed by atoms with van der Waals surface area (Å²) < 4.78 is 0.875. The van der Waals surface area contributed by atoms with Gasteiger partial charge >= 0.3 is 0 Å². The second-order valence-electron chi connectivity index (χ2n) is 5.11. The second kappa shape index (κ2) is 7.12. The maximum atomic E-state index is 10.1. The fourth-order valence-corrected chi connectivity index (χ4v) is 2.64. The Bertz CT molecular complexity index is 459. The Kier molecular flexibility index (Phi) is 6.10. The number of aryl methyl sites for hydroxylation is 1. The highest BCUT2D eigenvalue weighted by Gasteiger charge is 2.09. The molecule has 0 aromatic heterocycles. The molecule has 0 unspecified atom stereocenters. The largest absolute Gasteiger partial charge is 0.507 e. The number of aromatic hydroxyl groups is 1. The summed E-state index contributed by atoms with van der Waals surface area (Å²) in [7, 11) is 7.90. The van der Waals surface area contributed by atoms with E-state index in [0.29, 0.717) is 5.75 Å². The van der Waals surface area contributed by atoms with Crippen LogP contribution < -0.4 is 0 Å². The number of phenols is 1. The molecule has 0 heterocycles. The van der Waals surface area contributed by atoms with Crippen molar-refractivity contribution in [2.24, 2.45) is 0 Å². The van der Waals surface area contributed by atoms with Crippen molar-refractivity contribution >= 4 is 28.3 Å². The molecule has 3 nitrogen and oxygen atoms in total. The van der Waals surface area contributed by atoms with Gasteiger partial charge in [-0.15, -0.1) is 0 Å². The van der Waals surface area contributed by atoms with Crippen molar-refractivity contribution < 1.29 is 5.11 Å². The van der Waals surface area contributed by atoms with E-state index < -0.39 is 0 Å². The van der Waals surface area contributed by atoms with Crippen LogP contribution in [0.1, 0.15) is 16.7 Å². The van der Waals surface area contributed by atoms with E-state index in [9.17, 15) is 5.11 Å². The van der Waals surface area contributed by atoms with Crippen molar-refractivity contribution in [3.63, 3.8) is 0 Å². The first kappa shape index (κ1) is 16.3. The predicted octanol–water partition coefficient (Wildman–Crippen LogP) is 2.84. The van der Waals surface area contributed by atoms with E-state index in [-0.39, 0.29) is 0 Å². The predicted molar refractivity (Wildman–Crippen MR) is 87.8 cm³/mol. The number of hydrogen-bond donors (Lipinski definition) is 1. The SMILES string of the molecule is Cc1cc(CSC(=S)N(C)C)cc(CN(C)C)c1O. The van der Waals surface area contributed by atoms with Crippen molar-refractivity contribution in [3.05, 3.63) is 28.8 Å². The van der Waals surface area contributed by atoms with Crippen LogP contribution in [0.5, 0.6) is 5.75 Å². The molecule has 1 N–H and O–H groups in total. The van der Waals surface area contributed by atoms with Gasteiger partial charge in [-0.3, -0.25) is 0 Å². The first-order valence-corrected chi connectivity index (χ1v) is 7.50. The lowest BCUT2D eigenvalue weighted by Crippen LogP contribution is -2.16. The Morgan fingerprint density at radius 3 is 2.42 bits per heavy atom. The Balaban J connectivity index is 2.85. The average Bonchev–Trinajstić information content (AvgIpc) is 2.31. The lowest BCUT2D eigenvalue weighted by Gasteiger charge is -2.16. The van der Waals surface area contributed by atoms with Crippen LogP contribution >= 0.6 is 24.0 Å². The molecule has 19 heavy (non-hydrogen) atoms. The Hall–Kier alpha value is -0.780. The number of thioether (sulfide) groups is 1. The third-order valence-electron chi connectivity index (χ3n) is 2.65. The van der Waals surface area contributed by atoms with E-state index in [1.165, 1.54) is 5.56 Å². The molecule has 0 aliphatic heterocycles. The van der Waals surface area contributed by atoms with Crippen molar-refractivity contribution in [3.8, 4) is 5.75 Å². The minimum Gasteiger partial charge on any atom is -0.507 e. The van der Waals surface area contributed by atoms with Crippen LogP contribution in [0.15, 0.2) is 12.1 Å². The van der Waals surface area contributed by atoms with Gasteiger partial charge in [-0.05, 0) is 38.2 Å². The number of benzene rings is 1. The summed E-state index contributed by atoms with van der Waals surface area (Å²) >= 11 is 6.91. The van der Waals surface area contributed by atoms with E-state index in [2.05, 4.69) is 11.0 Å². The maximum Gasteiger partial charge on any atom is 0.136 e. The standard InChI is InChI=1S/C14H22N2OS2/c1-10-6-11(9-19-14(18)16(4)5)7-12(13(10)17)8-15(2)3/h6-7,17H,8-9H2,1-5H3.